The summed E-state index contributed by atoms with van der Waals surface area (Å²) in [4.78, 5) is 3.08. The van der Waals surface area contributed by atoms with Crippen LogP contribution in [0.1, 0.15) is 18.1 Å². The predicted molar refractivity (Wildman–Crippen MR) is 61.9 cm³/mol. The van der Waals surface area contributed by atoms with Crippen molar-refractivity contribution in [2.45, 2.75) is 12.5 Å². The van der Waals surface area contributed by atoms with E-state index >= 15 is 0 Å². The van der Waals surface area contributed by atoms with Gasteiger partial charge < -0.3 is 15.8 Å². The summed E-state index contributed by atoms with van der Waals surface area (Å²) in [6.07, 6.45) is 1.86. The van der Waals surface area contributed by atoms with Crippen LogP contribution in [0.2, 0.25) is 5.02 Å². The second-order valence-electron chi connectivity index (χ2n) is 3.53. The fourth-order valence-corrected chi connectivity index (χ4v) is 1.88. The number of rotatable bonds is 3. The molecule has 1 aromatic heterocycles. The Labute approximate surface area is 92.9 Å². The molecule has 0 fully saturated rings. The van der Waals surface area contributed by atoms with E-state index < -0.39 is 6.10 Å². The first-order valence-electron chi connectivity index (χ1n) is 4.87. The summed E-state index contributed by atoms with van der Waals surface area (Å²) < 4.78 is 0. The number of benzene rings is 1. The van der Waals surface area contributed by atoms with Crippen molar-refractivity contribution < 1.29 is 5.11 Å². The first-order valence-corrected chi connectivity index (χ1v) is 5.25. The number of H-pyrrole nitrogens is 1. The quantitative estimate of drug-likeness (QED) is 0.749. The third kappa shape index (κ3) is 2.00. The molecule has 0 radical (unpaired) electrons. The fraction of sp³-hybridized carbons (Fsp3) is 0.273. The average Bonchev–Trinajstić information content (AvgIpc) is 2.60. The van der Waals surface area contributed by atoms with Gasteiger partial charge in [0.05, 0.1) is 6.10 Å². The van der Waals surface area contributed by atoms with Crippen molar-refractivity contribution in [2.24, 2.45) is 5.73 Å². The zero-order valence-corrected chi connectivity index (χ0v) is 8.96. The standard InChI is InChI=1S/C11H13ClN2O/c12-7-1-2-8-9(11(15)3-4-13)6-14-10(8)5-7/h1-2,5-6,11,14-15H,3-4,13H2. The van der Waals surface area contributed by atoms with Crippen LogP contribution >= 0.6 is 11.6 Å². The minimum Gasteiger partial charge on any atom is -0.388 e. The lowest BCUT2D eigenvalue weighted by Crippen LogP contribution is -2.06. The van der Waals surface area contributed by atoms with Crippen molar-refractivity contribution in [3.05, 3.63) is 35.0 Å². The van der Waals surface area contributed by atoms with E-state index in [0.29, 0.717) is 18.0 Å². The molecular formula is C11H13ClN2O. The number of halogens is 1. The molecule has 0 saturated heterocycles. The van der Waals surface area contributed by atoms with Gasteiger partial charge in [-0.15, -0.1) is 0 Å². The minimum absolute atomic E-state index is 0.474. The highest BCUT2D eigenvalue weighted by atomic mass is 35.5. The molecule has 2 aromatic rings. The lowest BCUT2D eigenvalue weighted by atomic mass is 10.1. The highest BCUT2D eigenvalue weighted by Gasteiger charge is 2.11. The molecule has 80 valence electrons. The molecule has 4 heteroatoms. The number of fused-ring (bicyclic) bond motifs is 1. The number of hydrogen-bond donors (Lipinski definition) is 3. The van der Waals surface area contributed by atoms with Gasteiger partial charge in [-0.3, -0.25) is 0 Å². The SMILES string of the molecule is NCCC(O)c1c[nH]c2cc(Cl)ccc12. The molecule has 0 saturated carbocycles. The Kier molecular flexibility index (Phi) is 2.95. The highest BCUT2D eigenvalue weighted by molar-refractivity contribution is 6.31. The van der Waals surface area contributed by atoms with Crippen LogP contribution in [0.15, 0.2) is 24.4 Å². The van der Waals surface area contributed by atoms with Gasteiger partial charge in [0.2, 0.25) is 0 Å². The Hall–Kier alpha value is -1.03. The smallest absolute Gasteiger partial charge is 0.0822 e. The number of aromatic amines is 1. The molecule has 0 aliphatic carbocycles. The molecule has 0 amide bonds. The Morgan fingerprint density at radius 3 is 3.00 bits per heavy atom. The van der Waals surface area contributed by atoms with Crippen molar-refractivity contribution in [2.75, 3.05) is 6.54 Å². The van der Waals surface area contributed by atoms with Gasteiger partial charge >= 0.3 is 0 Å². The minimum atomic E-state index is -0.509. The van der Waals surface area contributed by atoms with Gasteiger partial charge in [-0.05, 0) is 25.1 Å². The van der Waals surface area contributed by atoms with Crippen molar-refractivity contribution >= 4 is 22.5 Å². The number of aliphatic hydroxyl groups excluding tert-OH is 1. The normalized spacial score (nSPS) is 13.3. The van der Waals surface area contributed by atoms with Gasteiger partial charge in [-0.1, -0.05) is 17.7 Å². The van der Waals surface area contributed by atoms with Crippen LogP contribution in [0.5, 0.6) is 0 Å². The molecule has 2 rings (SSSR count). The number of aromatic nitrogens is 1. The molecule has 0 spiro atoms. The lowest BCUT2D eigenvalue weighted by molar-refractivity contribution is 0.172. The molecule has 3 nitrogen and oxygen atoms in total. The number of hydrogen-bond acceptors (Lipinski definition) is 2. The molecule has 1 heterocycles. The van der Waals surface area contributed by atoms with E-state index in [4.69, 9.17) is 17.3 Å². The third-order valence-corrected chi connectivity index (χ3v) is 2.71. The van der Waals surface area contributed by atoms with Crippen LogP contribution in [0.25, 0.3) is 10.9 Å². The van der Waals surface area contributed by atoms with E-state index in [9.17, 15) is 5.11 Å². The summed E-state index contributed by atoms with van der Waals surface area (Å²) in [5, 5.41) is 11.5. The second-order valence-corrected chi connectivity index (χ2v) is 3.96. The summed E-state index contributed by atoms with van der Waals surface area (Å²) in [6.45, 7) is 0.474. The summed E-state index contributed by atoms with van der Waals surface area (Å²) in [7, 11) is 0. The largest absolute Gasteiger partial charge is 0.388 e. The molecule has 1 unspecified atom stereocenters. The number of nitrogens with two attached hydrogens (primary N) is 1. The molecule has 0 aliphatic rings. The topological polar surface area (TPSA) is 62.0 Å². The van der Waals surface area contributed by atoms with Crippen LogP contribution in [0.4, 0.5) is 0 Å². The first kappa shape index (κ1) is 10.5. The van der Waals surface area contributed by atoms with E-state index in [1.165, 1.54) is 0 Å². The molecule has 0 aliphatic heterocycles. The van der Waals surface area contributed by atoms with E-state index in [1.54, 1.807) is 6.20 Å². The summed E-state index contributed by atoms with van der Waals surface area (Å²) in [5.41, 5.74) is 7.23. The Morgan fingerprint density at radius 1 is 1.47 bits per heavy atom. The van der Waals surface area contributed by atoms with Crippen LogP contribution in [-0.4, -0.2) is 16.6 Å². The van der Waals surface area contributed by atoms with E-state index in [2.05, 4.69) is 4.98 Å². The Balaban J connectivity index is 2.44. The van der Waals surface area contributed by atoms with Crippen LogP contribution in [-0.2, 0) is 0 Å². The summed E-state index contributed by atoms with van der Waals surface area (Å²) >= 11 is 5.87. The maximum atomic E-state index is 9.84. The van der Waals surface area contributed by atoms with Crippen LogP contribution in [0, 0.1) is 0 Å². The van der Waals surface area contributed by atoms with Gasteiger partial charge in [0, 0.05) is 27.7 Å². The van der Waals surface area contributed by atoms with Crippen LogP contribution < -0.4 is 5.73 Å². The molecule has 15 heavy (non-hydrogen) atoms. The predicted octanol–water partition coefficient (Wildman–Crippen LogP) is 2.20. The third-order valence-electron chi connectivity index (χ3n) is 2.47. The maximum absolute atomic E-state index is 9.84. The maximum Gasteiger partial charge on any atom is 0.0822 e. The second kappa shape index (κ2) is 4.23. The van der Waals surface area contributed by atoms with E-state index in [0.717, 1.165) is 16.5 Å². The zero-order chi connectivity index (χ0) is 10.8. The highest BCUT2D eigenvalue weighted by Crippen LogP contribution is 2.27. The molecule has 1 aromatic carbocycles. The van der Waals surface area contributed by atoms with Crippen molar-refractivity contribution in [1.82, 2.24) is 4.98 Å². The van der Waals surface area contributed by atoms with Crippen molar-refractivity contribution in [1.29, 1.82) is 0 Å². The van der Waals surface area contributed by atoms with Crippen molar-refractivity contribution in [3.63, 3.8) is 0 Å². The van der Waals surface area contributed by atoms with Gasteiger partial charge in [-0.2, -0.15) is 0 Å². The number of aliphatic hydroxyl groups is 1. The fourth-order valence-electron chi connectivity index (χ4n) is 1.71. The summed E-state index contributed by atoms with van der Waals surface area (Å²) in [6, 6.07) is 5.56. The van der Waals surface area contributed by atoms with E-state index in [1.807, 2.05) is 18.2 Å². The number of nitrogens with one attached hydrogen (secondary N) is 1. The molecular weight excluding hydrogens is 212 g/mol. The Bertz CT molecular complexity index is 467. The first-order chi connectivity index (χ1) is 7.22. The molecule has 4 N–H and O–H groups in total. The summed E-state index contributed by atoms with van der Waals surface area (Å²) in [5.74, 6) is 0. The monoisotopic (exact) mass is 224 g/mol. The van der Waals surface area contributed by atoms with Gasteiger partial charge in [0.25, 0.3) is 0 Å². The van der Waals surface area contributed by atoms with Crippen molar-refractivity contribution in [3.8, 4) is 0 Å². The molecule has 0 bridgehead atoms. The molecule has 1 atom stereocenters. The van der Waals surface area contributed by atoms with Gasteiger partial charge in [0.1, 0.15) is 0 Å². The van der Waals surface area contributed by atoms with Gasteiger partial charge in [0.15, 0.2) is 0 Å². The lowest BCUT2D eigenvalue weighted by Gasteiger charge is -2.07. The van der Waals surface area contributed by atoms with E-state index in [-0.39, 0.29) is 0 Å². The zero-order valence-electron chi connectivity index (χ0n) is 8.20. The average molecular weight is 225 g/mol. The van der Waals surface area contributed by atoms with Crippen LogP contribution in [0.3, 0.4) is 0 Å². The Morgan fingerprint density at radius 2 is 2.27 bits per heavy atom. The van der Waals surface area contributed by atoms with Gasteiger partial charge in [-0.25, -0.2) is 0 Å².